The Labute approximate surface area is 118 Å². The third kappa shape index (κ3) is 3.61. The minimum absolute atomic E-state index is 0.449. The topological polar surface area (TPSA) is 78.4 Å². The lowest BCUT2D eigenvalue weighted by atomic mass is 10.1. The quantitative estimate of drug-likeness (QED) is 0.794. The molecule has 0 aliphatic carbocycles. The van der Waals surface area contributed by atoms with E-state index in [9.17, 15) is 9.59 Å². The van der Waals surface area contributed by atoms with Crippen LogP contribution in [0.25, 0.3) is 0 Å². The summed E-state index contributed by atoms with van der Waals surface area (Å²) in [7, 11) is 0. The predicted octanol–water partition coefficient (Wildman–Crippen LogP) is 3.09. The van der Waals surface area contributed by atoms with Gasteiger partial charge in [0.25, 0.3) is 0 Å². The maximum Gasteiger partial charge on any atom is 0.328 e. The van der Waals surface area contributed by atoms with Crippen LogP contribution in [-0.2, 0) is 4.79 Å². The van der Waals surface area contributed by atoms with Crippen molar-refractivity contribution in [3.05, 3.63) is 27.7 Å². The largest absolute Gasteiger partial charge is 0.480 e. The van der Waals surface area contributed by atoms with Gasteiger partial charge in [0.1, 0.15) is 5.54 Å². The number of halogens is 2. The molecule has 0 aromatic heterocycles. The fraction of sp³-hybridized carbons (Fsp3) is 0.273. The van der Waals surface area contributed by atoms with E-state index in [1.807, 2.05) is 0 Å². The highest BCUT2D eigenvalue weighted by molar-refractivity contribution is 9.10. The van der Waals surface area contributed by atoms with E-state index in [1.54, 1.807) is 18.2 Å². The number of anilines is 1. The highest BCUT2D eigenvalue weighted by Gasteiger charge is 2.29. The van der Waals surface area contributed by atoms with Crippen molar-refractivity contribution in [1.29, 1.82) is 0 Å². The Balaban J connectivity index is 2.77. The predicted molar refractivity (Wildman–Crippen MR) is 73.0 cm³/mol. The first kappa shape index (κ1) is 14.8. The van der Waals surface area contributed by atoms with Crippen molar-refractivity contribution < 1.29 is 14.7 Å². The number of amides is 2. The van der Waals surface area contributed by atoms with Crippen LogP contribution in [0.4, 0.5) is 10.5 Å². The smallest absolute Gasteiger partial charge is 0.328 e. The molecule has 18 heavy (non-hydrogen) atoms. The number of carboxylic acids is 1. The first-order chi connectivity index (χ1) is 8.24. The summed E-state index contributed by atoms with van der Waals surface area (Å²) >= 11 is 9.09. The normalized spacial score (nSPS) is 10.9. The summed E-state index contributed by atoms with van der Waals surface area (Å²) < 4.78 is 0.537. The Hall–Kier alpha value is -1.27. The molecule has 2 amide bonds. The first-order valence-electron chi connectivity index (χ1n) is 5.00. The number of benzene rings is 1. The zero-order chi connectivity index (χ0) is 13.9. The van der Waals surface area contributed by atoms with Crippen LogP contribution in [0.3, 0.4) is 0 Å². The summed E-state index contributed by atoms with van der Waals surface area (Å²) in [5.74, 6) is -1.12. The fourth-order valence-corrected chi connectivity index (χ4v) is 1.63. The van der Waals surface area contributed by atoms with Crippen molar-refractivity contribution in [1.82, 2.24) is 5.32 Å². The van der Waals surface area contributed by atoms with E-state index in [2.05, 4.69) is 26.6 Å². The van der Waals surface area contributed by atoms with Gasteiger partial charge in [-0.25, -0.2) is 9.59 Å². The van der Waals surface area contributed by atoms with Crippen molar-refractivity contribution in [2.75, 3.05) is 5.32 Å². The van der Waals surface area contributed by atoms with Gasteiger partial charge in [0, 0.05) is 0 Å². The van der Waals surface area contributed by atoms with Crippen LogP contribution >= 0.6 is 27.5 Å². The Bertz CT molecular complexity index is 491. The average Bonchev–Trinajstić information content (AvgIpc) is 2.23. The number of urea groups is 1. The molecule has 0 fully saturated rings. The summed E-state index contributed by atoms with van der Waals surface area (Å²) in [6.45, 7) is 2.78. The molecule has 3 N–H and O–H groups in total. The molecule has 0 aliphatic rings. The van der Waals surface area contributed by atoms with Gasteiger partial charge in [-0.3, -0.25) is 0 Å². The Kier molecular flexibility index (Phi) is 4.59. The number of rotatable bonds is 3. The summed E-state index contributed by atoms with van der Waals surface area (Å²) in [5, 5.41) is 14.2. The second-order valence-corrected chi connectivity index (χ2v) is 5.31. The molecule has 5 nitrogen and oxygen atoms in total. The van der Waals surface area contributed by atoms with Crippen molar-refractivity contribution in [3.63, 3.8) is 0 Å². The molecule has 98 valence electrons. The lowest BCUT2D eigenvalue weighted by Crippen LogP contribution is -2.51. The Morgan fingerprint density at radius 2 is 2.00 bits per heavy atom. The van der Waals surface area contributed by atoms with Gasteiger partial charge >= 0.3 is 12.0 Å². The number of carboxylic acid groups (broad SMARTS) is 1. The molecular formula is C11H12BrClN2O3. The van der Waals surface area contributed by atoms with Gasteiger partial charge in [-0.05, 0) is 41.9 Å². The molecule has 0 heterocycles. The first-order valence-corrected chi connectivity index (χ1v) is 6.17. The molecule has 1 aromatic rings. The number of nitrogens with one attached hydrogen (secondary N) is 2. The lowest BCUT2D eigenvalue weighted by Gasteiger charge is -2.21. The van der Waals surface area contributed by atoms with Gasteiger partial charge in [-0.2, -0.15) is 0 Å². The number of hydrogen-bond acceptors (Lipinski definition) is 2. The van der Waals surface area contributed by atoms with Gasteiger partial charge in [-0.15, -0.1) is 0 Å². The van der Waals surface area contributed by atoms with Crippen LogP contribution < -0.4 is 10.6 Å². The molecule has 1 aromatic carbocycles. The second kappa shape index (κ2) is 5.58. The van der Waals surface area contributed by atoms with E-state index in [0.717, 1.165) is 0 Å². The molecule has 1 rings (SSSR count). The molecule has 0 atom stereocenters. The van der Waals surface area contributed by atoms with Gasteiger partial charge in [0.05, 0.1) is 15.2 Å². The van der Waals surface area contributed by atoms with E-state index in [-0.39, 0.29) is 0 Å². The summed E-state index contributed by atoms with van der Waals surface area (Å²) in [4.78, 5) is 22.5. The number of aliphatic carboxylic acids is 1. The van der Waals surface area contributed by atoms with E-state index in [0.29, 0.717) is 15.2 Å². The standard InChI is InChI=1S/C11H12BrClN2O3/c1-11(2,9(16)17)15-10(18)14-7-5-3-4-6(13)8(7)12/h3-5H,1-2H3,(H,16,17)(H2,14,15,18). The van der Waals surface area contributed by atoms with Crippen LogP contribution in [0.5, 0.6) is 0 Å². The lowest BCUT2D eigenvalue weighted by molar-refractivity contribution is -0.142. The second-order valence-electron chi connectivity index (χ2n) is 4.11. The summed E-state index contributed by atoms with van der Waals surface area (Å²) in [6, 6.07) is 4.36. The number of carbonyl (C=O) groups is 2. The SMILES string of the molecule is CC(C)(NC(=O)Nc1cccc(Cl)c1Br)C(=O)O. The Morgan fingerprint density at radius 3 is 2.56 bits per heavy atom. The van der Waals surface area contributed by atoms with Crippen LogP contribution in [-0.4, -0.2) is 22.6 Å². The van der Waals surface area contributed by atoms with Gasteiger partial charge in [0.15, 0.2) is 0 Å². The minimum Gasteiger partial charge on any atom is -0.480 e. The van der Waals surface area contributed by atoms with Crippen LogP contribution in [0, 0.1) is 0 Å². The number of carbonyl (C=O) groups excluding carboxylic acids is 1. The van der Waals surface area contributed by atoms with Crippen molar-refractivity contribution in [2.45, 2.75) is 19.4 Å². The monoisotopic (exact) mass is 334 g/mol. The molecule has 0 bridgehead atoms. The van der Waals surface area contributed by atoms with Crippen molar-refractivity contribution >= 4 is 45.2 Å². The minimum atomic E-state index is -1.35. The average molecular weight is 336 g/mol. The summed E-state index contributed by atoms with van der Waals surface area (Å²) in [6.07, 6.45) is 0. The molecule has 0 unspecified atom stereocenters. The van der Waals surface area contributed by atoms with E-state index in [1.165, 1.54) is 13.8 Å². The zero-order valence-corrected chi connectivity index (χ0v) is 12.1. The Morgan fingerprint density at radius 1 is 1.39 bits per heavy atom. The van der Waals surface area contributed by atoms with Crippen molar-refractivity contribution in [3.8, 4) is 0 Å². The molecule has 7 heteroatoms. The summed E-state index contributed by atoms with van der Waals surface area (Å²) in [5.41, 5.74) is -0.893. The van der Waals surface area contributed by atoms with Crippen molar-refractivity contribution in [2.24, 2.45) is 0 Å². The molecule has 0 saturated carbocycles. The fourth-order valence-electron chi connectivity index (χ4n) is 1.09. The van der Waals surface area contributed by atoms with E-state index < -0.39 is 17.5 Å². The maximum atomic E-state index is 11.6. The maximum absolute atomic E-state index is 11.6. The third-order valence-corrected chi connectivity index (χ3v) is 3.56. The van der Waals surface area contributed by atoms with Gasteiger partial charge in [-0.1, -0.05) is 17.7 Å². The van der Waals surface area contributed by atoms with E-state index >= 15 is 0 Å². The van der Waals surface area contributed by atoms with Crippen LogP contribution in [0.15, 0.2) is 22.7 Å². The van der Waals surface area contributed by atoms with Gasteiger partial charge in [0.2, 0.25) is 0 Å². The van der Waals surface area contributed by atoms with E-state index in [4.69, 9.17) is 16.7 Å². The molecule has 0 aliphatic heterocycles. The molecule has 0 radical (unpaired) electrons. The zero-order valence-electron chi connectivity index (χ0n) is 9.75. The van der Waals surface area contributed by atoms with Gasteiger partial charge < -0.3 is 15.7 Å². The van der Waals surface area contributed by atoms with Crippen LogP contribution in [0.1, 0.15) is 13.8 Å². The molecule has 0 spiro atoms. The molecule has 0 saturated heterocycles. The van der Waals surface area contributed by atoms with Crippen LogP contribution in [0.2, 0.25) is 5.02 Å². The third-order valence-electron chi connectivity index (χ3n) is 2.16. The number of hydrogen-bond donors (Lipinski definition) is 3. The molecular weight excluding hydrogens is 323 g/mol. The highest BCUT2D eigenvalue weighted by Crippen LogP contribution is 2.29. The highest BCUT2D eigenvalue weighted by atomic mass is 79.9.